The van der Waals surface area contributed by atoms with E-state index in [1.807, 2.05) is 17.0 Å². The second-order valence-electron chi connectivity index (χ2n) is 7.10. The second kappa shape index (κ2) is 8.74. The number of likely N-dealkylation sites (tertiary alicyclic amines) is 2. The predicted octanol–water partition coefficient (Wildman–Crippen LogP) is 2.03. The van der Waals surface area contributed by atoms with Gasteiger partial charge >= 0.3 is 12.1 Å². The number of aryl methyl sites for hydroxylation is 1. The topological polar surface area (TPSA) is 117 Å². The molecule has 12 heteroatoms. The fourth-order valence-corrected chi connectivity index (χ4v) is 3.73. The summed E-state index contributed by atoms with van der Waals surface area (Å²) in [6.07, 6.45) is 1.01. The minimum Gasteiger partial charge on any atom is -0.475 e. The quantitative estimate of drug-likeness (QED) is 0.776. The van der Waals surface area contributed by atoms with Gasteiger partial charge in [0.1, 0.15) is 11.3 Å². The molecule has 2 aromatic heterocycles. The molecule has 2 fully saturated rings. The van der Waals surface area contributed by atoms with E-state index >= 15 is 0 Å². The zero-order valence-electron chi connectivity index (χ0n) is 16.4. The zero-order chi connectivity index (χ0) is 22.8. The molecule has 0 bridgehead atoms. The van der Waals surface area contributed by atoms with Crippen LogP contribution in [0.15, 0.2) is 35.2 Å². The van der Waals surface area contributed by atoms with Gasteiger partial charge in [0.2, 0.25) is 5.91 Å². The molecule has 0 spiro atoms. The molecule has 2 aliphatic rings. The van der Waals surface area contributed by atoms with Crippen molar-refractivity contribution in [2.75, 3.05) is 6.54 Å². The summed E-state index contributed by atoms with van der Waals surface area (Å²) in [5.74, 6) is -2.24. The minimum atomic E-state index is -5.08. The molecule has 31 heavy (non-hydrogen) atoms. The Bertz CT molecular complexity index is 963. The normalized spacial score (nSPS) is 20.3. The van der Waals surface area contributed by atoms with E-state index in [0.717, 1.165) is 12.0 Å². The molecule has 2 aromatic rings. The van der Waals surface area contributed by atoms with E-state index in [1.54, 1.807) is 24.2 Å². The van der Waals surface area contributed by atoms with Gasteiger partial charge in [-0.1, -0.05) is 5.16 Å². The lowest BCUT2D eigenvalue weighted by Gasteiger charge is -2.25. The van der Waals surface area contributed by atoms with Crippen LogP contribution in [0.2, 0.25) is 0 Å². The number of aromatic nitrogens is 2. The van der Waals surface area contributed by atoms with Gasteiger partial charge in [-0.15, -0.1) is 0 Å². The Morgan fingerprint density at radius 2 is 1.90 bits per heavy atom. The van der Waals surface area contributed by atoms with Crippen molar-refractivity contribution in [2.24, 2.45) is 0 Å². The van der Waals surface area contributed by atoms with Crippen LogP contribution in [0.4, 0.5) is 13.2 Å². The SMILES string of the molecule is Cc1oncc1C(=O)N1CC[C@@H]2[C@@H]1CC(=O)N2Cc1ccncc1.O=C(O)C(F)(F)F. The van der Waals surface area contributed by atoms with Crippen LogP contribution >= 0.6 is 0 Å². The number of fused-ring (bicyclic) bond motifs is 1. The van der Waals surface area contributed by atoms with Crippen molar-refractivity contribution >= 4 is 17.8 Å². The Hall–Kier alpha value is -3.44. The van der Waals surface area contributed by atoms with Crippen LogP contribution < -0.4 is 0 Å². The highest BCUT2D eigenvalue weighted by Gasteiger charge is 2.48. The molecule has 0 radical (unpaired) electrons. The standard InChI is InChI=1S/C17H18N4O3.C2HF3O2/c1-11-13(9-19-24-11)17(23)20-7-4-14-15(20)8-16(22)21(14)10-12-2-5-18-6-3-12;3-2(4,5)1(6)7/h2-3,5-6,9,14-15H,4,7-8,10H2,1H3;(H,6,7)/t14-,15+;/m1./s1. The van der Waals surface area contributed by atoms with Crippen LogP contribution in [-0.4, -0.2) is 67.6 Å². The number of rotatable bonds is 3. The summed E-state index contributed by atoms with van der Waals surface area (Å²) in [7, 11) is 0. The van der Waals surface area contributed by atoms with Crippen molar-refractivity contribution in [1.82, 2.24) is 19.9 Å². The molecule has 2 aliphatic heterocycles. The number of hydrogen-bond donors (Lipinski definition) is 1. The summed E-state index contributed by atoms with van der Waals surface area (Å²) < 4.78 is 36.7. The lowest BCUT2D eigenvalue weighted by molar-refractivity contribution is -0.192. The van der Waals surface area contributed by atoms with Gasteiger partial charge in [0.25, 0.3) is 5.91 Å². The van der Waals surface area contributed by atoms with Crippen LogP contribution in [0.5, 0.6) is 0 Å². The number of aliphatic carboxylic acids is 1. The van der Waals surface area contributed by atoms with Gasteiger partial charge in [-0.3, -0.25) is 14.6 Å². The van der Waals surface area contributed by atoms with Gasteiger partial charge in [-0.05, 0) is 31.0 Å². The van der Waals surface area contributed by atoms with Crippen LogP contribution in [0.25, 0.3) is 0 Å². The van der Waals surface area contributed by atoms with Gasteiger partial charge in [-0.25, -0.2) is 4.79 Å². The first-order valence-electron chi connectivity index (χ1n) is 9.30. The number of nitrogens with zero attached hydrogens (tertiary/aromatic N) is 4. The van der Waals surface area contributed by atoms with Gasteiger partial charge in [0.05, 0.1) is 18.3 Å². The number of carboxylic acids is 1. The molecule has 2 amide bonds. The molecular weight excluding hydrogens is 421 g/mol. The number of carbonyl (C=O) groups is 3. The lowest BCUT2D eigenvalue weighted by Crippen LogP contribution is -2.39. The van der Waals surface area contributed by atoms with Crippen molar-refractivity contribution in [3.05, 3.63) is 47.6 Å². The third-order valence-corrected chi connectivity index (χ3v) is 5.20. The number of halogens is 3. The number of amides is 2. The van der Waals surface area contributed by atoms with Crippen LogP contribution in [-0.2, 0) is 16.1 Å². The molecule has 0 unspecified atom stereocenters. The average molecular weight is 440 g/mol. The number of carboxylic acid groups (broad SMARTS) is 1. The van der Waals surface area contributed by atoms with E-state index in [9.17, 15) is 22.8 Å². The Balaban J connectivity index is 0.000000339. The molecule has 1 N–H and O–H groups in total. The first-order valence-corrected chi connectivity index (χ1v) is 9.30. The highest BCUT2D eigenvalue weighted by atomic mass is 19.4. The maximum absolute atomic E-state index is 12.7. The van der Waals surface area contributed by atoms with Crippen molar-refractivity contribution in [1.29, 1.82) is 0 Å². The van der Waals surface area contributed by atoms with Gasteiger partial charge in [0, 0.05) is 31.9 Å². The van der Waals surface area contributed by atoms with E-state index in [2.05, 4.69) is 10.1 Å². The fraction of sp³-hybridized carbons (Fsp3) is 0.421. The molecule has 4 heterocycles. The van der Waals surface area contributed by atoms with Crippen LogP contribution in [0.3, 0.4) is 0 Å². The molecule has 0 aliphatic carbocycles. The zero-order valence-corrected chi connectivity index (χ0v) is 16.4. The number of hydrogen-bond acceptors (Lipinski definition) is 6. The summed E-state index contributed by atoms with van der Waals surface area (Å²) in [4.78, 5) is 41.8. The molecule has 0 aromatic carbocycles. The van der Waals surface area contributed by atoms with Crippen LogP contribution in [0.1, 0.15) is 34.5 Å². The monoisotopic (exact) mass is 440 g/mol. The second-order valence-corrected chi connectivity index (χ2v) is 7.10. The fourth-order valence-electron chi connectivity index (χ4n) is 3.73. The number of pyridine rings is 1. The molecule has 9 nitrogen and oxygen atoms in total. The maximum atomic E-state index is 12.7. The molecule has 0 saturated carbocycles. The van der Waals surface area contributed by atoms with Crippen molar-refractivity contribution in [3.8, 4) is 0 Å². The molecule has 2 atom stereocenters. The first kappa shape index (κ1) is 22.2. The van der Waals surface area contributed by atoms with Crippen molar-refractivity contribution in [3.63, 3.8) is 0 Å². The third-order valence-electron chi connectivity index (χ3n) is 5.20. The first-order chi connectivity index (χ1) is 14.6. The lowest BCUT2D eigenvalue weighted by atomic mass is 10.1. The Morgan fingerprint density at radius 1 is 1.26 bits per heavy atom. The Labute approximate surface area is 174 Å². The maximum Gasteiger partial charge on any atom is 0.490 e. The van der Waals surface area contributed by atoms with E-state index in [1.165, 1.54) is 6.20 Å². The molecule has 2 saturated heterocycles. The van der Waals surface area contributed by atoms with E-state index in [4.69, 9.17) is 14.4 Å². The molecular formula is C19H19F3N4O5. The molecule has 4 rings (SSSR count). The third kappa shape index (κ3) is 4.84. The van der Waals surface area contributed by atoms with Crippen LogP contribution in [0, 0.1) is 6.92 Å². The molecule has 166 valence electrons. The Morgan fingerprint density at radius 3 is 2.45 bits per heavy atom. The minimum absolute atomic E-state index is 0.0684. The largest absolute Gasteiger partial charge is 0.490 e. The summed E-state index contributed by atoms with van der Waals surface area (Å²) in [6.45, 7) is 2.94. The summed E-state index contributed by atoms with van der Waals surface area (Å²) in [5.41, 5.74) is 1.54. The summed E-state index contributed by atoms with van der Waals surface area (Å²) in [5, 5.41) is 10.8. The smallest absolute Gasteiger partial charge is 0.475 e. The number of carbonyl (C=O) groups excluding carboxylic acids is 2. The summed E-state index contributed by atoms with van der Waals surface area (Å²) >= 11 is 0. The van der Waals surface area contributed by atoms with E-state index in [-0.39, 0.29) is 23.9 Å². The van der Waals surface area contributed by atoms with Crippen molar-refractivity contribution in [2.45, 2.75) is 44.6 Å². The Kier molecular flexibility index (Phi) is 6.27. The highest BCUT2D eigenvalue weighted by molar-refractivity contribution is 5.96. The van der Waals surface area contributed by atoms with Crippen molar-refractivity contribution < 1.29 is 37.2 Å². The van der Waals surface area contributed by atoms with Gasteiger partial charge in [-0.2, -0.15) is 13.2 Å². The van der Waals surface area contributed by atoms with E-state index in [0.29, 0.717) is 30.8 Å². The van der Waals surface area contributed by atoms with E-state index < -0.39 is 12.1 Å². The average Bonchev–Trinajstić information content (AvgIpc) is 3.39. The summed E-state index contributed by atoms with van der Waals surface area (Å²) in [6, 6.07) is 3.84. The highest BCUT2D eigenvalue weighted by Crippen LogP contribution is 2.34. The van der Waals surface area contributed by atoms with Gasteiger partial charge in [0.15, 0.2) is 0 Å². The van der Waals surface area contributed by atoms with Gasteiger partial charge < -0.3 is 19.4 Å². The predicted molar refractivity (Wildman–Crippen MR) is 97.6 cm³/mol. The number of alkyl halides is 3.